The minimum atomic E-state index is -0.953. The Hall–Kier alpha value is -0.890. The minimum Gasteiger partial charge on any atom is -0.481 e. The first-order valence-corrected chi connectivity index (χ1v) is 5.95. The summed E-state index contributed by atoms with van der Waals surface area (Å²) in [6.07, 6.45) is -0.914. The predicted molar refractivity (Wildman–Crippen MR) is 78.9 cm³/mol. The molecule has 0 saturated carbocycles. The molecular weight excluding hydrogens is 288 g/mol. The van der Waals surface area contributed by atoms with Gasteiger partial charge in [0.05, 0.1) is 48.7 Å². The molecule has 0 aromatic carbocycles. The highest BCUT2D eigenvalue weighted by Gasteiger charge is 2.17. The molecule has 0 rings (SSSR count). The Labute approximate surface area is 127 Å². The minimum absolute atomic E-state index is 0. The fourth-order valence-electron chi connectivity index (χ4n) is 1.30. The molecule has 0 saturated heterocycles. The molecule has 0 fully saturated rings. The van der Waals surface area contributed by atoms with Gasteiger partial charge in [0.15, 0.2) is 6.54 Å². The molecule has 20 heavy (non-hydrogen) atoms. The summed E-state index contributed by atoms with van der Waals surface area (Å²) in [4.78, 5) is 20.1. The van der Waals surface area contributed by atoms with Crippen LogP contribution < -0.4 is 0 Å². The van der Waals surface area contributed by atoms with Crippen molar-refractivity contribution < 1.29 is 33.9 Å². The lowest BCUT2D eigenvalue weighted by Crippen LogP contribution is -2.42. The van der Waals surface area contributed by atoms with Crippen molar-refractivity contribution in [2.45, 2.75) is 12.5 Å². The van der Waals surface area contributed by atoms with E-state index in [0.29, 0.717) is 15.5 Å². The topological polar surface area (TPSA) is 94.8 Å². The fourth-order valence-corrected chi connectivity index (χ4v) is 1.30. The Morgan fingerprint density at radius 1 is 0.900 bits per heavy atom. The van der Waals surface area contributed by atoms with E-state index in [2.05, 4.69) is 0 Å². The summed E-state index contributed by atoms with van der Waals surface area (Å²) < 4.78 is 1.06. The van der Waals surface area contributed by atoms with Crippen molar-refractivity contribution in [2.24, 2.45) is 0 Å². The number of aliphatic carboxylic acids is 2. The van der Waals surface area contributed by atoms with Gasteiger partial charge in [0.1, 0.15) is 12.6 Å². The lowest BCUT2D eigenvalue weighted by molar-refractivity contribution is -0.873. The number of likely N-dealkylation sites (N-methyl/N-ethyl adjacent to an activating group) is 2. The van der Waals surface area contributed by atoms with Gasteiger partial charge in [-0.15, -0.1) is 12.4 Å². The molecule has 0 aliphatic heterocycles. The van der Waals surface area contributed by atoms with Gasteiger partial charge in [-0.2, -0.15) is 0 Å². The predicted octanol–water partition coefficient (Wildman–Crippen LogP) is -0.273. The van der Waals surface area contributed by atoms with Crippen molar-refractivity contribution in [1.29, 1.82) is 0 Å². The van der Waals surface area contributed by atoms with Gasteiger partial charge < -0.3 is 24.3 Å². The van der Waals surface area contributed by atoms with Gasteiger partial charge in [-0.3, -0.25) is 4.79 Å². The molecule has 7 nitrogen and oxygen atoms in total. The van der Waals surface area contributed by atoms with E-state index in [1.54, 1.807) is 0 Å². The normalized spacial score (nSPS) is 12.6. The largest absolute Gasteiger partial charge is 0.481 e. The first-order chi connectivity index (χ1) is 8.23. The van der Waals surface area contributed by atoms with Crippen LogP contribution in [0.2, 0.25) is 0 Å². The number of carboxylic acids is 2. The highest BCUT2D eigenvalue weighted by atomic mass is 35.5. The van der Waals surface area contributed by atoms with Crippen molar-refractivity contribution in [2.75, 3.05) is 55.4 Å². The van der Waals surface area contributed by atoms with E-state index in [1.165, 1.54) is 0 Å². The molecule has 3 N–H and O–H groups in total. The van der Waals surface area contributed by atoms with Gasteiger partial charge in [-0.05, 0) is 0 Å². The zero-order chi connectivity index (χ0) is 15.9. The van der Waals surface area contributed by atoms with Crippen molar-refractivity contribution in [3.05, 3.63) is 0 Å². The van der Waals surface area contributed by atoms with E-state index in [1.807, 2.05) is 42.3 Å². The molecule has 0 radical (unpaired) electrons. The van der Waals surface area contributed by atoms with Crippen LogP contribution in [0, 0.1) is 0 Å². The summed E-state index contributed by atoms with van der Waals surface area (Å²) in [6.45, 7) is 0.645. The summed E-state index contributed by atoms with van der Waals surface area (Å²) in [5, 5.41) is 25.7. The Bertz CT molecular complexity index is 297. The summed E-state index contributed by atoms with van der Waals surface area (Å²) in [5.41, 5.74) is 0. The number of aliphatic hydroxyl groups is 1. The smallest absolute Gasteiger partial charge is 0.359 e. The molecule has 1 atom stereocenters. The molecule has 0 spiro atoms. The Morgan fingerprint density at radius 2 is 1.30 bits per heavy atom. The zero-order valence-corrected chi connectivity index (χ0v) is 14.0. The monoisotopic (exact) mass is 316 g/mol. The number of hydrogen-bond acceptors (Lipinski definition) is 3. The highest BCUT2D eigenvalue weighted by Crippen LogP contribution is 1.98. The van der Waals surface area contributed by atoms with Gasteiger partial charge in [0.2, 0.25) is 0 Å². The van der Waals surface area contributed by atoms with Gasteiger partial charge in [0.25, 0.3) is 0 Å². The third kappa shape index (κ3) is 25.8. The van der Waals surface area contributed by atoms with E-state index in [9.17, 15) is 9.59 Å². The molecule has 0 aliphatic carbocycles. The number of carboxylic acid groups (broad SMARTS) is 2. The number of rotatable bonds is 6. The molecule has 0 heterocycles. The number of quaternary nitrogens is 2. The number of hydrogen-bond donors (Lipinski definition) is 3. The van der Waals surface area contributed by atoms with Crippen molar-refractivity contribution >= 4 is 24.3 Å². The number of nitrogens with zero attached hydrogens (tertiary/aromatic N) is 2. The average Bonchev–Trinajstić information content (AvgIpc) is 1.91. The molecule has 0 aromatic rings. The van der Waals surface area contributed by atoms with Crippen LogP contribution in [0.25, 0.3) is 0 Å². The summed E-state index contributed by atoms with van der Waals surface area (Å²) >= 11 is 0. The average molecular weight is 317 g/mol. The molecular formula is C12H29ClN2O5+2. The summed E-state index contributed by atoms with van der Waals surface area (Å²) in [6, 6.07) is 0. The second kappa shape index (κ2) is 9.93. The zero-order valence-electron chi connectivity index (χ0n) is 13.2. The van der Waals surface area contributed by atoms with Gasteiger partial charge >= 0.3 is 11.9 Å². The van der Waals surface area contributed by atoms with Gasteiger partial charge in [-0.25, -0.2) is 4.79 Å². The van der Waals surface area contributed by atoms with E-state index in [-0.39, 0.29) is 25.4 Å². The second-order valence-electron chi connectivity index (χ2n) is 6.57. The molecule has 122 valence electrons. The molecule has 0 unspecified atom stereocenters. The lowest BCUT2D eigenvalue weighted by atomic mass is 10.2. The second-order valence-corrected chi connectivity index (χ2v) is 6.57. The van der Waals surface area contributed by atoms with Crippen molar-refractivity contribution in [1.82, 2.24) is 0 Å². The Balaban J connectivity index is -0.000000288. The molecule has 0 aromatic heterocycles. The standard InChI is InChI=1S/C7H15NO3.C5H11NO2.ClH/c1-8(2,3)5-6(9)4-7(10)11;1-6(2,3)4-5(7)8;/h6,9H,4-5H2,1-3H3;4H2,1-3H3;1H/p+2/t6-;;/m1../s1. The quantitative estimate of drug-likeness (QED) is 0.586. The Morgan fingerprint density at radius 3 is 1.45 bits per heavy atom. The maximum absolute atomic E-state index is 10.1. The van der Waals surface area contributed by atoms with Crippen LogP contribution in [-0.4, -0.2) is 97.7 Å². The maximum Gasteiger partial charge on any atom is 0.359 e. The van der Waals surface area contributed by atoms with Crippen LogP contribution in [0.1, 0.15) is 6.42 Å². The first-order valence-electron chi connectivity index (χ1n) is 5.95. The Kier molecular flexibility index (Phi) is 12.0. The number of carbonyl (C=O) groups is 2. The van der Waals surface area contributed by atoms with Crippen LogP contribution >= 0.6 is 12.4 Å². The number of halogens is 1. The summed E-state index contributed by atoms with van der Waals surface area (Å²) in [5.74, 6) is -1.71. The van der Waals surface area contributed by atoms with Crippen LogP contribution in [-0.2, 0) is 9.59 Å². The lowest BCUT2D eigenvalue weighted by Gasteiger charge is -2.25. The number of aliphatic hydroxyl groups excluding tert-OH is 1. The molecule has 0 aliphatic rings. The van der Waals surface area contributed by atoms with Crippen LogP contribution in [0.3, 0.4) is 0 Å². The van der Waals surface area contributed by atoms with Crippen LogP contribution in [0.15, 0.2) is 0 Å². The van der Waals surface area contributed by atoms with Gasteiger partial charge in [-0.1, -0.05) is 0 Å². The third-order valence-electron chi connectivity index (χ3n) is 1.78. The fraction of sp³-hybridized carbons (Fsp3) is 0.833. The van der Waals surface area contributed by atoms with E-state index < -0.39 is 18.0 Å². The SMILES string of the molecule is C[N+](C)(C)CC(=O)O.C[N+](C)(C)C[C@H](O)CC(=O)O.Cl. The van der Waals surface area contributed by atoms with Crippen LogP contribution in [0.5, 0.6) is 0 Å². The third-order valence-corrected chi connectivity index (χ3v) is 1.78. The molecule has 0 amide bonds. The molecule has 0 bridgehead atoms. The molecule has 8 heteroatoms. The first kappa shape index (κ1) is 24.1. The van der Waals surface area contributed by atoms with E-state index >= 15 is 0 Å². The van der Waals surface area contributed by atoms with Crippen LogP contribution in [0.4, 0.5) is 0 Å². The van der Waals surface area contributed by atoms with E-state index in [0.717, 1.165) is 0 Å². The van der Waals surface area contributed by atoms with Gasteiger partial charge in [0, 0.05) is 0 Å². The summed E-state index contributed by atoms with van der Waals surface area (Å²) in [7, 11) is 11.2. The highest BCUT2D eigenvalue weighted by molar-refractivity contribution is 5.85. The van der Waals surface area contributed by atoms with Crippen molar-refractivity contribution in [3.8, 4) is 0 Å². The maximum atomic E-state index is 10.1. The van der Waals surface area contributed by atoms with Crippen molar-refractivity contribution in [3.63, 3.8) is 0 Å². The van der Waals surface area contributed by atoms with E-state index in [4.69, 9.17) is 15.3 Å².